The number of nitrogens with one attached hydrogen (secondary N) is 4. The van der Waals surface area contributed by atoms with Gasteiger partial charge in [0, 0.05) is 32.5 Å². The van der Waals surface area contributed by atoms with Crippen molar-refractivity contribution in [1.82, 2.24) is 26.2 Å². The van der Waals surface area contributed by atoms with Gasteiger partial charge in [-0.05, 0) is 47.5 Å². The summed E-state index contributed by atoms with van der Waals surface area (Å²) in [6.07, 6.45) is 0.248. The number of carbonyl (C=O) groups is 5. The zero-order valence-electron chi connectivity index (χ0n) is 23.7. The molecule has 1 rings (SSSR count). The first-order valence-electron chi connectivity index (χ1n) is 12.8. The fourth-order valence-corrected chi connectivity index (χ4v) is 3.66. The van der Waals surface area contributed by atoms with Crippen molar-refractivity contribution >= 4 is 37.8 Å². The molecule has 0 aromatic rings. The lowest BCUT2D eigenvalue weighted by Gasteiger charge is -2.38. The molecule has 2 unspecified atom stereocenters. The highest BCUT2D eigenvalue weighted by atomic mass is 16.6. The quantitative estimate of drug-likeness (QED) is 0.168. The molecule has 0 aliphatic carbocycles. The van der Waals surface area contributed by atoms with Gasteiger partial charge in [0.25, 0.3) is 0 Å². The van der Waals surface area contributed by atoms with Gasteiger partial charge in [0.2, 0.25) is 23.6 Å². The van der Waals surface area contributed by atoms with E-state index in [-0.39, 0.29) is 43.0 Å². The maximum absolute atomic E-state index is 12.8. The lowest BCUT2D eigenvalue weighted by molar-refractivity contribution is -0.129. The number of ether oxygens (including phenoxy) is 2. The smallest absolute Gasteiger partial charge is 0.391 e. The molecule has 0 radical (unpaired) electrons. The highest BCUT2D eigenvalue weighted by Gasteiger charge is 2.35. The van der Waals surface area contributed by atoms with Gasteiger partial charge in [-0.3, -0.25) is 19.2 Å². The number of carbonyl (C=O) groups excluding carboxylic acids is 5. The first kappa shape index (κ1) is 33.2. The normalized spacial score (nSPS) is 17.8. The van der Waals surface area contributed by atoms with Crippen LogP contribution in [-0.4, -0.2) is 106 Å². The molecule has 0 spiro atoms. The second kappa shape index (κ2) is 15.5. The fraction of sp³-hybridized carbons (Fsp3) is 0.792. The minimum Gasteiger partial charge on any atom is -0.528 e. The van der Waals surface area contributed by atoms with Crippen LogP contribution >= 0.6 is 0 Å². The van der Waals surface area contributed by atoms with Gasteiger partial charge in [0.05, 0.1) is 43.5 Å². The molecule has 13 nitrogen and oxygen atoms in total. The summed E-state index contributed by atoms with van der Waals surface area (Å²) >= 11 is 0. The SMILES string of the molecule is BOC(=O)N1CCC(C(=O)NCCOC(C)(C)COC(C)(C)C)CC1CNC(=O)CNC(=O)CNC(C)=O. The van der Waals surface area contributed by atoms with Crippen LogP contribution in [0.5, 0.6) is 0 Å². The third-order valence-corrected chi connectivity index (χ3v) is 5.72. The minimum absolute atomic E-state index is 0.0877. The summed E-state index contributed by atoms with van der Waals surface area (Å²) in [6, 6.07) is -0.462. The summed E-state index contributed by atoms with van der Waals surface area (Å²) in [4.78, 5) is 61.2. The Hall–Kier alpha value is -2.87. The topological polar surface area (TPSA) is 164 Å². The van der Waals surface area contributed by atoms with Crippen LogP contribution in [0.15, 0.2) is 0 Å². The summed E-state index contributed by atoms with van der Waals surface area (Å²) in [7, 11) is 1.27. The molecule has 0 bridgehead atoms. The fourth-order valence-electron chi connectivity index (χ4n) is 3.66. The zero-order valence-corrected chi connectivity index (χ0v) is 23.7. The van der Waals surface area contributed by atoms with Crippen LogP contribution in [0.1, 0.15) is 54.4 Å². The minimum atomic E-state index is -0.542. The molecule has 0 saturated carbocycles. The van der Waals surface area contributed by atoms with Crippen LogP contribution < -0.4 is 21.3 Å². The van der Waals surface area contributed by atoms with Gasteiger partial charge in [-0.1, -0.05) is 0 Å². The predicted octanol–water partition coefficient (Wildman–Crippen LogP) is -1.15. The Morgan fingerprint density at radius 3 is 2.16 bits per heavy atom. The number of likely N-dealkylation sites (tertiary alicyclic amines) is 1. The first-order valence-corrected chi connectivity index (χ1v) is 12.8. The van der Waals surface area contributed by atoms with E-state index in [2.05, 4.69) is 21.3 Å². The van der Waals surface area contributed by atoms with Crippen molar-refractivity contribution in [2.75, 3.05) is 45.9 Å². The molecule has 5 amide bonds. The van der Waals surface area contributed by atoms with Gasteiger partial charge in [-0.15, -0.1) is 0 Å². The third-order valence-electron chi connectivity index (χ3n) is 5.72. The maximum Gasteiger partial charge on any atom is 0.391 e. The molecule has 1 aliphatic rings. The van der Waals surface area contributed by atoms with Gasteiger partial charge in [0.15, 0.2) is 0 Å². The molecule has 1 aliphatic heterocycles. The number of hydrogen-bond donors (Lipinski definition) is 4. The molecule has 38 heavy (non-hydrogen) atoms. The number of amides is 5. The number of hydrogen-bond acceptors (Lipinski definition) is 8. The van der Waals surface area contributed by atoms with E-state index in [9.17, 15) is 24.0 Å². The number of nitrogens with zero attached hydrogens (tertiary/aromatic N) is 1. The number of rotatable bonds is 13. The average Bonchev–Trinajstić information content (AvgIpc) is 2.85. The molecular formula is C24H44BN5O8. The highest BCUT2D eigenvalue weighted by molar-refractivity contribution is 6.05. The molecule has 1 saturated heterocycles. The summed E-state index contributed by atoms with van der Waals surface area (Å²) < 4.78 is 16.5. The van der Waals surface area contributed by atoms with E-state index in [0.717, 1.165) is 0 Å². The van der Waals surface area contributed by atoms with Crippen LogP contribution in [0.2, 0.25) is 0 Å². The van der Waals surface area contributed by atoms with E-state index in [4.69, 9.17) is 14.1 Å². The summed E-state index contributed by atoms with van der Waals surface area (Å²) in [5, 5.41) is 10.3. The van der Waals surface area contributed by atoms with Crippen molar-refractivity contribution in [3.8, 4) is 0 Å². The van der Waals surface area contributed by atoms with Gasteiger partial charge in [-0.25, -0.2) is 4.79 Å². The molecule has 216 valence electrons. The highest BCUT2D eigenvalue weighted by Crippen LogP contribution is 2.24. The average molecular weight is 541 g/mol. The van der Waals surface area contributed by atoms with Crippen LogP contribution in [-0.2, 0) is 33.3 Å². The molecule has 4 N–H and O–H groups in total. The summed E-state index contributed by atoms with van der Waals surface area (Å²) in [5.41, 5.74) is -0.776. The second-order valence-electron chi connectivity index (χ2n) is 10.8. The van der Waals surface area contributed by atoms with Crippen molar-refractivity contribution in [3.05, 3.63) is 0 Å². The van der Waals surface area contributed by atoms with Gasteiger partial charge in [-0.2, -0.15) is 0 Å². The Bertz CT molecular complexity index is 833. The zero-order chi connectivity index (χ0) is 28.9. The van der Waals surface area contributed by atoms with Gasteiger partial charge < -0.3 is 40.3 Å². The van der Waals surface area contributed by atoms with E-state index in [0.29, 0.717) is 39.1 Å². The lowest BCUT2D eigenvalue weighted by atomic mass is 9.90. The summed E-state index contributed by atoms with van der Waals surface area (Å²) in [6.45, 7) is 12.0. The van der Waals surface area contributed by atoms with Gasteiger partial charge in [0.1, 0.15) is 0 Å². The Labute approximate surface area is 225 Å². The Morgan fingerprint density at radius 1 is 0.921 bits per heavy atom. The molecule has 1 heterocycles. The summed E-state index contributed by atoms with van der Waals surface area (Å²) in [5.74, 6) is -1.83. The van der Waals surface area contributed by atoms with Crippen molar-refractivity contribution in [1.29, 1.82) is 0 Å². The molecule has 14 heteroatoms. The molecule has 2 atom stereocenters. The number of piperidine rings is 1. The molecular weight excluding hydrogens is 497 g/mol. The molecule has 0 aromatic heterocycles. The Morgan fingerprint density at radius 2 is 1.55 bits per heavy atom. The van der Waals surface area contributed by atoms with Crippen molar-refractivity contribution in [3.63, 3.8) is 0 Å². The van der Waals surface area contributed by atoms with Crippen molar-refractivity contribution in [2.24, 2.45) is 5.92 Å². The van der Waals surface area contributed by atoms with E-state index in [1.165, 1.54) is 19.9 Å². The standard InChI is InChI=1S/C24H44BN5O8/c1-16(31)27-13-19(32)29-14-20(33)28-12-18-11-17(7-9-30(18)22(35)38-25)21(34)26-8-10-36-24(5,6)15-37-23(2,3)4/h17-18H,7-15,25H2,1-6H3,(H,26,34)(H,27,31)(H,28,33)(H,29,32). The van der Waals surface area contributed by atoms with E-state index in [1.54, 1.807) is 0 Å². The van der Waals surface area contributed by atoms with E-state index >= 15 is 0 Å². The van der Waals surface area contributed by atoms with Crippen molar-refractivity contribution < 1.29 is 38.1 Å². The Kier molecular flexibility index (Phi) is 13.5. The largest absolute Gasteiger partial charge is 0.528 e. The monoisotopic (exact) mass is 541 g/mol. The Balaban J connectivity index is 2.53. The van der Waals surface area contributed by atoms with E-state index < -0.39 is 29.6 Å². The maximum atomic E-state index is 12.8. The predicted molar refractivity (Wildman–Crippen MR) is 142 cm³/mol. The van der Waals surface area contributed by atoms with Crippen LogP contribution in [0.25, 0.3) is 0 Å². The van der Waals surface area contributed by atoms with E-state index in [1.807, 2.05) is 34.6 Å². The second-order valence-corrected chi connectivity index (χ2v) is 10.8. The third kappa shape index (κ3) is 13.6. The first-order chi connectivity index (χ1) is 17.6. The molecule has 1 fully saturated rings. The lowest BCUT2D eigenvalue weighted by Crippen LogP contribution is -2.54. The van der Waals surface area contributed by atoms with Crippen LogP contribution in [0.4, 0.5) is 4.79 Å². The van der Waals surface area contributed by atoms with Gasteiger partial charge >= 0.3 is 14.1 Å². The van der Waals surface area contributed by atoms with Crippen molar-refractivity contribution in [2.45, 2.75) is 71.6 Å². The van der Waals surface area contributed by atoms with Crippen LogP contribution in [0.3, 0.4) is 0 Å². The van der Waals surface area contributed by atoms with Crippen LogP contribution in [0, 0.1) is 5.92 Å². The molecule has 0 aromatic carbocycles.